The number of ether oxygens (including phenoxy) is 2. The van der Waals surface area contributed by atoms with Gasteiger partial charge in [0.1, 0.15) is 0 Å². The number of aliphatic imine (C=N–C) groups is 1. The summed E-state index contributed by atoms with van der Waals surface area (Å²) in [5.41, 5.74) is 0.147. The number of guanidine groups is 1. The molecule has 1 aliphatic heterocycles. The Morgan fingerprint density at radius 2 is 2.14 bits per heavy atom. The van der Waals surface area contributed by atoms with Crippen molar-refractivity contribution in [1.82, 2.24) is 10.6 Å². The van der Waals surface area contributed by atoms with E-state index < -0.39 is 0 Å². The zero-order valence-electron chi connectivity index (χ0n) is 13.6. The van der Waals surface area contributed by atoms with E-state index >= 15 is 0 Å². The molecule has 2 aliphatic rings. The monoisotopic (exact) mass is 411 g/mol. The van der Waals surface area contributed by atoms with Gasteiger partial charge in [-0.25, -0.2) is 0 Å². The van der Waals surface area contributed by atoms with Crippen molar-refractivity contribution in [3.63, 3.8) is 0 Å². The summed E-state index contributed by atoms with van der Waals surface area (Å²) < 4.78 is 11.2. The van der Waals surface area contributed by atoms with Gasteiger partial charge in [0.2, 0.25) is 0 Å². The lowest BCUT2D eigenvalue weighted by Gasteiger charge is -2.51. The second-order valence-electron chi connectivity index (χ2n) is 6.42. The van der Waals surface area contributed by atoms with Crippen molar-refractivity contribution in [1.29, 1.82) is 0 Å². The molecule has 21 heavy (non-hydrogen) atoms. The summed E-state index contributed by atoms with van der Waals surface area (Å²) >= 11 is 0. The summed E-state index contributed by atoms with van der Waals surface area (Å²) in [6, 6.07) is 0.408. The highest BCUT2D eigenvalue weighted by Crippen LogP contribution is 2.42. The molecule has 1 heterocycles. The lowest BCUT2D eigenvalue weighted by Crippen LogP contribution is -2.63. The van der Waals surface area contributed by atoms with Crippen LogP contribution in [0.2, 0.25) is 0 Å². The molecule has 0 amide bonds. The Labute approximate surface area is 145 Å². The first-order chi connectivity index (χ1) is 9.57. The average Bonchev–Trinajstić information content (AvgIpc) is 2.47. The molecule has 0 aromatic heterocycles. The fourth-order valence-corrected chi connectivity index (χ4v) is 3.07. The zero-order chi connectivity index (χ0) is 14.6. The molecular weight excluding hydrogens is 381 g/mol. The minimum atomic E-state index is 0. The fraction of sp³-hybridized carbons (Fsp3) is 0.933. The number of hydrogen-bond donors (Lipinski definition) is 2. The molecule has 0 radical (unpaired) electrons. The van der Waals surface area contributed by atoms with Gasteiger partial charge >= 0.3 is 0 Å². The zero-order valence-corrected chi connectivity index (χ0v) is 16.0. The van der Waals surface area contributed by atoms with E-state index in [0.29, 0.717) is 18.2 Å². The number of rotatable bonds is 4. The molecule has 5 nitrogen and oxygen atoms in total. The van der Waals surface area contributed by atoms with Gasteiger partial charge in [-0.1, -0.05) is 13.8 Å². The Hall–Kier alpha value is -0.0800. The van der Waals surface area contributed by atoms with Gasteiger partial charge in [-0.2, -0.15) is 0 Å². The third-order valence-corrected chi connectivity index (χ3v) is 4.77. The third kappa shape index (κ3) is 4.69. The Morgan fingerprint density at radius 1 is 1.38 bits per heavy atom. The van der Waals surface area contributed by atoms with Crippen LogP contribution in [-0.2, 0) is 9.47 Å². The molecule has 124 valence electrons. The van der Waals surface area contributed by atoms with Crippen LogP contribution in [0.5, 0.6) is 0 Å². The molecule has 0 aromatic carbocycles. The number of hydrogen-bond acceptors (Lipinski definition) is 3. The van der Waals surface area contributed by atoms with Crippen LogP contribution >= 0.6 is 24.0 Å². The lowest BCUT2D eigenvalue weighted by atomic mass is 9.64. The normalized spacial score (nSPS) is 31.8. The maximum Gasteiger partial charge on any atom is 0.191 e. The molecule has 2 N–H and O–H groups in total. The standard InChI is InChI=1S/C15H29N3O2.HI/c1-15(2)12(9-13(15)19-4)18-14(16-3)17-10-11-7-5-6-8-20-11;/h11-13H,5-10H2,1-4H3,(H2,16,17,18);1H. The van der Waals surface area contributed by atoms with Crippen LogP contribution < -0.4 is 10.6 Å². The summed E-state index contributed by atoms with van der Waals surface area (Å²) in [6.45, 7) is 6.20. The van der Waals surface area contributed by atoms with E-state index in [1.165, 1.54) is 12.8 Å². The third-order valence-electron chi connectivity index (χ3n) is 4.77. The van der Waals surface area contributed by atoms with Crippen molar-refractivity contribution in [2.45, 2.75) is 57.8 Å². The smallest absolute Gasteiger partial charge is 0.191 e. The minimum absolute atomic E-state index is 0. The summed E-state index contributed by atoms with van der Waals surface area (Å²) in [7, 11) is 3.60. The quantitative estimate of drug-likeness (QED) is 0.423. The Bertz CT molecular complexity index is 344. The van der Waals surface area contributed by atoms with Gasteiger partial charge in [0, 0.05) is 38.8 Å². The molecule has 1 saturated heterocycles. The molecule has 1 saturated carbocycles. The summed E-state index contributed by atoms with van der Waals surface area (Å²) in [5, 5.41) is 6.88. The van der Waals surface area contributed by atoms with Gasteiger partial charge in [0.15, 0.2) is 5.96 Å². The molecule has 0 bridgehead atoms. The largest absolute Gasteiger partial charge is 0.381 e. The van der Waals surface area contributed by atoms with Crippen molar-refractivity contribution in [3.05, 3.63) is 0 Å². The van der Waals surface area contributed by atoms with Crippen LogP contribution in [0, 0.1) is 5.41 Å². The molecule has 2 fully saturated rings. The molecule has 0 aromatic rings. The summed E-state index contributed by atoms with van der Waals surface area (Å²) in [5.74, 6) is 0.867. The van der Waals surface area contributed by atoms with E-state index in [0.717, 1.165) is 32.0 Å². The van der Waals surface area contributed by atoms with Gasteiger partial charge in [-0.3, -0.25) is 4.99 Å². The van der Waals surface area contributed by atoms with Crippen molar-refractivity contribution < 1.29 is 9.47 Å². The van der Waals surface area contributed by atoms with Crippen LogP contribution in [0.4, 0.5) is 0 Å². The van der Waals surface area contributed by atoms with E-state index in [4.69, 9.17) is 9.47 Å². The predicted octanol–water partition coefficient (Wildman–Crippen LogP) is 2.15. The second-order valence-corrected chi connectivity index (χ2v) is 6.42. The first kappa shape index (κ1) is 19.0. The SMILES string of the molecule is CN=C(NCC1CCCCO1)NC1CC(OC)C1(C)C.I. The van der Waals surface area contributed by atoms with Crippen LogP contribution in [0.1, 0.15) is 39.5 Å². The molecular formula is C15H30IN3O2. The Balaban J connectivity index is 0.00000220. The topological polar surface area (TPSA) is 54.9 Å². The highest BCUT2D eigenvalue weighted by molar-refractivity contribution is 14.0. The van der Waals surface area contributed by atoms with Gasteiger partial charge < -0.3 is 20.1 Å². The maximum atomic E-state index is 5.73. The molecule has 3 atom stereocenters. The van der Waals surface area contributed by atoms with Crippen molar-refractivity contribution >= 4 is 29.9 Å². The van der Waals surface area contributed by atoms with Gasteiger partial charge in [-0.05, 0) is 25.7 Å². The van der Waals surface area contributed by atoms with Crippen molar-refractivity contribution in [2.75, 3.05) is 27.3 Å². The first-order valence-electron chi connectivity index (χ1n) is 7.69. The Kier molecular flexibility index (Phi) is 7.70. The number of nitrogens with zero attached hydrogens (tertiary/aromatic N) is 1. The van der Waals surface area contributed by atoms with Crippen LogP contribution in [0.15, 0.2) is 4.99 Å². The second kappa shape index (κ2) is 8.53. The number of halogens is 1. The van der Waals surface area contributed by atoms with E-state index in [1.54, 1.807) is 7.11 Å². The summed E-state index contributed by atoms with van der Waals surface area (Å²) in [4.78, 5) is 4.31. The van der Waals surface area contributed by atoms with E-state index in [2.05, 4.69) is 29.5 Å². The van der Waals surface area contributed by atoms with Crippen LogP contribution in [-0.4, -0.2) is 51.5 Å². The highest BCUT2D eigenvalue weighted by Gasteiger charge is 2.48. The van der Waals surface area contributed by atoms with Crippen molar-refractivity contribution in [2.24, 2.45) is 10.4 Å². The molecule has 6 heteroatoms. The molecule has 1 aliphatic carbocycles. The number of nitrogens with one attached hydrogen (secondary N) is 2. The lowest BCUT2D eigenvalue weighted by molar-refractivity contribution is -0.0923. The molecule has 3 unspecified atom stereocenters. The maximum absolute atomic E-state index is 5.73. The molecule has 0 spiro atoms. The minimum Gasteiger partial charge on any atom is -0.381 e. The van der Waals surface area contributed by atoms with Gasteiger partial charge in [0.05, 0.1) is 12.2 Å². The van der Waals surface area contributed by atoms with Crippen molar-refractivity contribution in [3.8, 4) is 0 Å². The van der Waals surface area contributed by atoms with E-state index in [9.17, 15) is 0 Å². The first-order valence-corrected chi connectivity index (χ1v) is 7.69. The summed E-state index contributed by atoms with van der Waals surface area (Å²) in [6.07, 6.45) is 5.29. The average molecular weight is 411 g/mol. The van der Waals surface area contributed by atoms with Crippen LogP contribution in [0.3, 0.4) is 0 Å². The van der Waals surface area contributed by atoms with E-state index in [-0.39, 0.29) is 29.4 Å². The van der Waals surface area contributed by atoms with Gasteiger partial charge in [0.25, 0.3) is 0 Å². The highest BCUT2D eigenvalue weighted by atomic mass is 127. The molecule has 2 rings (SSSR count). The Morgan fingerprint density at radius 3 is 2.67 bits per heavy atom. The number of methoxy groups -OCH3 is 1. The predicted molar refractivity (Wildman–Crippen MR) is 96.5 cm³/mol. The van der Waals surface area contributed by atoms with Gasteiger partial charge in [-0.15, -0.1) is 24.0 Å². The fourth-order valence-electron chi connectivity index (χ4n) is 3.07. The van der Waals surface area contributed by atoms with Crippen LogP contribution in [0.25, 0.3) is 0 Å². The van der Waals surface area contributed by atoms with E-state index in [1.807, 2.05) is 7.05 Å².